The first-order valence-electron chi connectivity index (χ1n) is 6.78. The Balaban J connectivity index is 2.40. The Morgan fingerprint density at radius 1 is 1.32 bits per heavy atom. The van der Waals surface area contributed by atoms with Crippen LogP contribution < -0.4 is 10.5 Å². The summed E-state index contributed by atoms with van der Waals surface area (Å²) in [6, 6.07) is 7.56. The van der Waals surface area contributed by atoms with Crippen LogP contribution in [0.15, 0.2) is 24.3 Å². The smallest absolute Gasteiger partial charge is 0.137 e. The zero-order chi connectivity index (χ0) is 14.3. The number of nitrogens with zero attached hydrogens (tertiary/aromatic N) is 1. The van der Waals surface area contributed by atoms with Crippen molar-refractivity contribution in [1.82, 2.24) is 4.90 Å². The fraction of sp³-hybridized carbons (Fsp3) is 0.600. The van der Waals surface area contributed by atoms with E-state index in [4.69, 9.17) is 22.1 Å². The maximum Gasteiger partial charge on any atom is 0.137 e. The first-order chi connectivity index (χ1) is 8.98. The largest absolute Gasteiger partial charge is 0.491 e. The Bertz CT molecular complexity index is 382. The summed E-state index contributed by atoms with van der Waals surface area (Å²) >= 11 is 6.05. The lowest BCUT2D eigenvalue weighted by atomic mass is 9.93. The van der Waals surface area contributed by atoms with E-state index in [1.54, 1.807) is 0 Å². The average Bonchev–Trinajstić information content (AvgIpc) is 2.39. The van der Waals surface area contributed by atoms with E-state index in [1.165, 1.54) is 0 Å². The summed E-state index contributed by atoms with van der Waals surface area (Å²) in [6.07, 6.45) is 0. The van der Waals surface area contributed by atoms with Crippen molar-refractivity contribution < 1.29 is 4.74 Å². The molecular weight excluding hydrogens is 260 g/mol. The van der Waals surface area contributed by atoms with E-state index >= 15 is 0 Å². The SMILES string of the molecule is CCN(CCOc1ccccc1Cl)CC(C)(C)CN. The van der Waals surface area contributed by atoms with Crippen LogP contribution in [0.25, 0.3) is 0 Å². The third-order valence-corrected chi connectivity index (χ3v) is 3.47. The van der Waals surface area contributed by atoms with Crippen LogP contribution in [0.2, 0.25) is 5.02 Å². The van der Waals surface area contributed by atoms with E-state index in [0.29, 0.717) is 18.2 Å². The quantitative estimate of drug-likeness (QED) is 0.797. The van der Waals surface area contributed by atoms with Gasteiger partial charge in [-0.2, -0.15) is 0 Å². The average molecular weight is 285 g/mol. The van der Waals surface area contributed by atoms with Crippen molar-refractivity contribution in [3.05, 3.63) is 29.3 Å². The third kappa shape index (κ3) is 5.81. The van der Waals surface area contributed by atoms with E-state index in [9.17, 15) is 0 Å². The lowest BCUT2D eigenvalue weighted by Crippen LogP contribution is -2.40. The number of hydrogen-bond donors (Lipinski definition) is 1. The maximum absolute atomic E-state index is 6.05. The van der Waals surface area contributed by atoms with Gasteiger partial charge in [0, 0.05) is 13.1 Å². The van der Waals surface area contributed by atoms with Crippen molar-refractivity contribution in [2.24, 2.45) is 11.1 Å². The molecule has 1 rings (SSSR count). The molecule has 3 nitrogen and oxygen atoms in total. The highest BCUT2D eigenvalue weighted by molar-refractivity contribution is 6.32. The van der Waals surface area contributed by atoms with Gasteiger partial charge in [0.05, 0.1) is 5.02 Å². The molecule has 4 heteroatoms. The molecule has 0 fully saturated rings. The minimum Gasteiger partial charge on any atom is -0.491 e. The molecule has 0 radical (unpaired) electrons. The Morgan fingerprint density at radius 3 is 2.58 bits per heavy atom. The molecule has 0 aliphatic rings. The minimum atomic E-state index is 0.139. The topological polar surface area (TPSA) is 38.5 Å². The maximum atomic E-state index is 6.05. The summed E-state index contributed by atoms with van der Waals surface area (Å²) in [5.74, 6) is 0.748. The Morgan fingerprint density at radius 2 is 2.00 bits per heavy atom. The van der Waals surface area contributed by atoms with Crippen LogP contribution in [0.3, 0.4) is 0 Å². The third-order valence-electron chi connectivity index (χ3n) is 3.15. The number of likely N-dealkylation sites (N-methyl/N-ethyl adjacent to an activating group) is 1. The van der Waals surface area contributed by atoms with E-state index < -0.39 is 0 Å². The molecule has 0 bridgehead atoms. The van der Waals surface area contributed by atoms with Gasteiger partial charge in [0.15, 0.2) is 0 Å². The van der Waals surface area contributed by atoms with Gasteiger partial charge in [-0.3, -0.25) is 4.90 Å². The number of rotatable bonds is 8. The van der Waals surface area contributed by atoms with Crippen LogP contribution in [0.4, 0.5) is 0 Å². The van der Waals surface area contributed by atoms with Gasteiger partial charge in [0.1, 0.15) is 12.4 Å². The number of benzene rings is 1. The second-order valence-corrected chi connectivity index (χ2v) is 5.92. The first kappa shape index (κ1) is 16.3. The molecule has 0 atom stereocenters. The van der Waals surface area contributed by atoms with Crippen molar-refractivity contribution in [3.63, 3.8) is 0 Å². The number of halogens is 1. The molecule has 108 valence electrons. The molecule has 0 aliphatic heterocycles. The normalized spacial score (nSPS) is 11.9. The van der Waals surface area contributed by atoms with Crippen molar-refractivity contribution in [1.29, 1.82) is 0 Å². The second kappa shape index (κ2) is 7.73. The van der Waals surface area contributed by atoms with Crippen LogP contribution in [0.5, 0.6) is 5.75 Å². The minimum absolute atomic E-state index is 0.139. The summed E-state index contributed by atoms with van der Waals surface area (Å²) in [5, 5.41) is 0.660. The number of ether oxygens (including phenoxy) is 1. The van der Waals surface area contributed by atoms with Crippen molar-refractivity contribution >= 4 is 11.6 Å². The number of hydrogen-bond acceptors (Lipinski definition) is 3. The van der Waals surface area contributed by atoms with E-state index in [-0.39, 0.29) is 5.41 Å². The summed E-state index contributed by atoms with van der Waals surface area (Å²) in [6.45, 7) is 10.7. The predicted octanol–water partition coefficient (Wildman–Crippen LogP) is 3.03. The highest BCUT2D eigenvalue weighted by Gasteiger charge is 2.19. The van der Waals surface area contributed by atoms with Crippen LogP contribution >= 0.6 is 11.6 Å². The highest BCUT2D eigenvalue weighted by Crippen LogP contribution is 2.23. The van der Waals surface area contributed by atoms with E-state index in [1.807, 2.05) is 24.3 Å². The highest BCUT2D eigenvalue weighted by atomic mass is 35.5. The van der Waals surface area contributed by atoms with Crippen molar-refractivity contribution in [2.75, 3.05) is 32.8 Å². The summed E-state index contributed by atoms with van der Waals surface area (Å²) in [5.41, 5.74) is 5.91. The van der Waals surface area contributed by atoms with Crippen LogP contribution in [-0.2, 0) is 0 Å². The Kier molecular flexibility index (Phi) is 6.63. The van der Waals surface area contributed by atoms with Crippen molar-refractivity contribution in [3.8, 4) is 5.75 Å². The zero-order valence-corrected chi connectivity index (χ0v) is 12.9. The van der Waals surface area contributed by atoms with Gasteiger partial charge in [-0.15, -0.1) is 0 Å². The monoisotopic (exact) mass is 284 g/mol. The lowest BCUT2D eigenvalue weighted by Gasteiger charge is -2.30. The summed E-state index contributed by atoms with van der Waals surface area (Å²) in [7, 11) is 0. The molecule has 2 N–H and O–H groups in total. The molecule has 1 aromatic rings. The predicted molar refractivity (Wildman–Crippen MR) is 81.9 cm³/mol. The van der Waals surface area contributed by atoms with E-state index in [0.717, 1.165) is 25.4 Å². The molecule has 0 amide bonds. The summed E-state index contributed by atoms with van der Waals surface area (Å²) < 4.78 is 5.71. The van der Waals surface area contributed by atoms with Gasteiger partial charge in [-0.05, 0) is 30.6 Å². The zero-order valence-electron chi connectivity index (χ0n) is 12.2. The molecule has 1 aromatic carbocycles. The summed E-state index contributed by atoms with van der Waals surface area (Å²) in [4.78, 5) is 2.35. The second-order valence-electron chi connectivity index (χ2n) is 5.52. The van der Waals surface area contributed by atoms with Gasteiger partial charge >= 0.3 is 0 Å². The molecule has 0 heterocycles. The molecule has 0 unspecified atom stereocenters. The van der Waals surface area contributed by atoms with Gasteiger partial charge in [-0.25, -0.2) is 0 Å². The lowest BCUT2D eigenvalue weighted by molar-refractivity contribution is 0.160. The molecule has 0 saturated carbocycles. The number of para-hydroxylation sites is 1. The molecule has 0 saturated heterocycles. The number of nitrogens with two attached hydrogens (primary N) is 1. The Hall–Kier alpha value is -0.770. The molecule has 19 heavy (non-hydrogen) atoms. The van der Waals surface area contributed by atoms with Crippen molar-refractivity contribution in [2.45, 2.75) is 20.8 Å². The van der Waals surface area contributed by atoms with Crippen LogP contribution in [0.1, 0.15) is 20.8 Å². The first-order valence-corrected chi connectivity index (χ1v) is 7.16. The fourth-order valence-corrected chi connectivity index (χ4v) is 2.06. The molecule has 0 aromatic heterocycles. The van der Waals surface area contributed by atoms with Crippen LogP contribution in [-0.4, -0.2) is 37.7 Å². The van der Waals surface area contributed by atoms with Crippen LogP contribution in [0, 0.1) is 5.41 Å². The van der Waals surface area contributed by atoms with Gasteiger partial charge in [-0.1, -0.05) is 44.5 Å². The fourth-order valence-electron chi connectivity index (χ4n) is 1.87. The van der Waals surface area contributed by atoms with Gasteiger partial charge < -0.3 is 10.5 Å². The standard InChI is InChI=1S/C15H25ClN2O/c1-4-18(12-15(2,3)11-17)9-10-19-14-8-6-5-7-13(14)16/h5-8H,4,9-12,17H2,1-3H3. The van der Waals surface area contributed by atoms with Gasteiger partial charge in [0.2, 0.25) is 0 Å². The van der Waals surface area contributed by atoms with E-state index in [2.05, 4.69) is 25.7 Å². The Labute approximate surface area is 121 Å². The molecule has 0 aliphatic carbocycles. The van der Waals surface area contributed by atoms with Gasteiger partial charge in [0.25, 0.3) is 0 Å². The molecular formula is C15H25ClN2O. The molecule has 0 spiro atoms.